The first-order valence-electron chi connectivity index (χ1n) is 11.7. The van der Waals surface area contributed by atoms with Gasteiger partial charge in [0.1, 0.15) is 17.3 Å². The summed E-state index contributed by atoms with van der Waals surface area (Å²) in [6, 6.07) is 2.17. The summed E-state index contributed by atoms with van der Waals surface area (Å²) < 4.78 is 23.5. The average Bonchev–Trinajstić information content (AvgIpc) is 3.22. The van der Waals surface area contributed by atoms with Gasteiger partial charge in [0.2, 0.25) is 5.95 Å². The van der Waals surface area contributed by atoms with Crippen molar-refractivity contribution in [3.63, 3.8) is 0 Å². The third kappa shape index (κ3) is 4.71. The molecule has 2 aromatic heterocycles. The molecule has 5 rings (SSSR count). The van der Waals surface area contributed by atoms with Gasteiger partial charge >= 0.3 is 6.09 Å². The van der Waals surface area contributed by atoms with Crippen LogP contribution in [0.2, 0.25) is 0 Å². The summed E-state index contributed by atoms with van der Waals surface area (Å²) in [6.07, 6.45) is 2.02. The van der Waals surface area contributed by atoms with Crippen molar-refractivity contribution < 1.29 is 18.5 Å². The van der Waals surface area contributed by atoms with Crippen LogP contribution < -0.4 is 25.2 Å². The average molecular weight is 502 g/mol. The Kier molecular flexibility index (Phi) is 6.16. The molecule has 2 N–H and O–H groups in total. The molecular weight excluding hydrogens is 470 g/mol. The van der Waals surface area contributed by atoms with Crippen molar-refractivity contribution in [3.8, 4) is 5.75 Å². The molecule has 1 fully saturated rings. The Labute approximate surface area is 207 Å². The summed E-state index contributed by atoms with van der Waals surface area (Å²) >= 11 is 0. The van der Waals surface area contributed by atoms with Gasteiger partial charge in [0.25, 0.3) is 0 Å². The normalized spacial score (nSPS) is 20.9. The van der Waals surface area contributed by atoms with E-state index in [0.29, 0.717) is 48.5 Å². The third-order valence-electron chi connectivity index (χ3n) is 6.43. The number of nitrogens with one attached hydrogen (secondary N) is 2. The Bertz CT molecular complexity index is 1170. The van der Waals surface area contributed by atoms with Crippen LogP contribution in [0.25, 0.3) is 0 Å². The summed E-state index contributed by atoms with van der Waals surface area (Å²) in [4.78, 5) is 31.0. The molecule has 188 valence electrons. The van der Waals surface area contributed by atoms with E-state index in [-0.39, 0.29) is 6.04 Å². The van der Waals surface area contributed by atoms with Crippen LogP contribution in [0.5, 0.6) is 5.75 Å². The Morgan fingerprint density at radius 3 is 2.97 bits per heavy atom. The molecule has 1 amide bonds. The van der Waals surface area contributed by atoms with Gasteiger partial charge in [0, 0.05) is 44.5 Å². The standard InChI is InChI=1S/C23H31N7O4S/c1-14-9-17-20(24-10-14)30-7-6-29(11-15(30)12-34-17)21-26-16-5-8-35(32)18(16)19(27-21)28-23(2,3)13-25-22(31)33-4/h9-10,15H,5-8,11-13H2,1-4H3,(H,25,31)(H,26,27,28)/t15-,35+/m1/s1. The number of fused-ring (bicyclic) bond motifs is 4. The number of pyridine rings is 1. The van der Waals surface area contributed by atoms with Crippen LogP contribution in [-0.4, -0.2) is 82.5 Å². The minimum absolute atomic E-state index is 0.134. The lowest BCUT2D eigenvalue weighted by Crippen LogP contribution is -2.58. The monoisotopic (exact) mass is 501 g/mol. The fourth-order valence-electron chi connectivity index (χ4n) is 4.64. The molecule has 0 radical (unpaired) electrons. The molecule has 0 spiro atoms. The number of ether oxygens (including phenoxy) is 2. The third-order valence-corrected chi connectivity index (χ3v) is 7.89. The summed E-state index contributed by atoms with van der Waals surface area (Å²) in [6.45, 7) is 8.99. The summed E-state index contributed by atoms with van der Waals surface area (Å²) in [5.41, 5.74) is 1.34. The van der Waals surface area contributed by atoms with Crippen molar-refractivity contribution in [1.82, 2.24) is 20.3 Å². The van der Waals surface area contributed by atoms with Crippen molar-refractivity contribution >= 4 is 34.5 Å². The van der Waals surface area contributed by atoms with Gasteiger partial charge < -0.3 is 29.9 Å². The number of amides is 1. The predicted octanol–water partition coefficient (Wildman–Crippen LogP) is 1.48. The molecule has 1 saturated heterocycles. The van der Waals surface area contributed by atoms with E-state index in [4.69, 9.17) is 14.7 Å². The maximum absolute atomic E-state index is 12.8. The number of carbonyl (C=O) groups is 1. The Morgan fingerprint density at radius 2 is 2.17 bits per heavy atom. The number of methoxy groups -OCH3 is 1. The maximum Gasteiger partial charge on any atom is 0.406 e. The van der Waals surface area contributed by atoms with Crippen molar-refractivity contribution in [3.05, 3.63) is 23.5 Å². The zero-order valence-electron chi connectivity index (χ0n) is 20.5. The fraction of sp³-hybridized carbons (Fsp3) is 0.565. The van der Waals surface area contributed by atoms with Crippen LogP contribution in [0.3, 0.4) is 0 Å². The van der Waals surface area contributed by atoms with E-state index >= 15 is 0 Å². The van der Waals surface area contributed by atoms with E-state index in [0.717, 1.165) is 35.9 Å². The lowest BCUT2D eigenvalue weighted by Gasteiger charge is -2.44. The molecule has 3 aliphatic rings. The van der Waals surface area contributed by atoms with Crippen LogP contribution in [-0.2, 0) is 22.0 Å². The first-order chi connectivity index (χ1) is 16.7. The Hall–Kier alpha value is -3.15. The summed E-state index contributed by atoms with van der Waals surface area (Å²) in [5, 5.41) is 6.11. The minimum atomic E-state index is -1.16. The fourth-order valence-corrected chi connectivity index (χ4v) is 5.95. The van der Waals surface area contributed by atoms with Gasteiger partial charge in [-0.25, -0.2) is 14.8 Å². The first kappa shape index (κ1) is 23.6. The molecule has 12 heteroatoms. The maximum atomic E-state index is 12.8. The number of piperazine rings is 1. The molecule has 2 aromatic rings. The summed E-state index contributed by atoms with van der Waals surface area (Å²) in [7, 11) is 0.169. The van der Waals surface area contributed by atoms with E-state index in [1.165, 1.54) is 7.11 Å². The SMILES string of the molecule is COC(=O)NCC(C)(C)Nc1nc(N2CCN3c4ncc(C)cc4OC[C@H]3C2)nc2c1[S@@](=O)CC2. The van der Waals surface area contributed by atoms with E-state index < -0.39 is 22.4 Å². The van der Waals surface area contributed by atoms with E-state index in [1.807, 2.05) is 33.0 Å². The van der Waals surface area contributed by atoms with Crippen molar-refractivity contribution in [1.29, 1.82) is 0 Å². The highest BCUT2D eigenvalue weighted by Crippen LogP contribution is 2.36. The Morgan fingerprint density at radius 1 is 1.34 bits per heavy atom. The molecule has 5 heterocycles. The minimum Gasteiger partial charge on any atom is -0.487 e. The zero-order valence-corrected chi connectivity index (χ0v) is 21.3. The first-order valence-corrected chi connectivity index (χ1v) is 13.1. The second-order valence-corrected chi connectivity index (χ2v) is 11.2. The lowest BCUT2D eigenvalue weighted by atomic mass is 10.1. The Balaban J connectivity index is 1.38. The zero-order chi connectivity index (χ0) is 24.7. The molecule has 3 aliphatic heterocycles. The number of carbonyl (C=O) groups excluding carboxylic acids is 1. The van der Waals surface area contributed by atoms with Gasteiger partial charge in [-0.15, -0.1) is 0 Å². The molecule has 0 aliphatic carbocycles. The van der Waals surface area contributed by atoms with Crippen molar-refractivity contribution in [2.45, 2.75) is 43.7 Å². The van der Waals surface area contributed by atoms with Gasteiger partial charge in [0.15, 0.2) is 11.6 Å². The molecule has 11 nitrogen and oxygen atoms in total. The molecule has 2 atom stereocenters. The highest BCUT2D eigenvalue weighted by atomic mass is 32.2. The molecule has 0 bridgehead atoms. The van der Waals surface area contributed by atoms with Crippen LogP contribution in [0.4, 0.5) is 22.4 Å². The van der Waals surface area contributed by atoms with Crippen molar-refractivity contribution in [2.75, 3.05) is 60.8 Å². The number of nitrogens with zero attached hydrogens (tertiary/aromatic N) is 5. The molecule has 0 aromatic carbocycles. The van der Waals surface area contributed by atoms with Crippen LogP contribution in [0, 0.1) is 6.92 Å². The molecular formula is C23H31N7O4S. The topological polar surface area (TPSA) is 122 Å². The largest absolute Gasteiger partial charge is 0.487 e. The second-order valence-electron chi connectivity index (χ2n) is 9.74. The van der Waals surface area contributed by atoms with E-state index in [1.54, 1.807) is 0 Å². The summed E-state index contributed by atoms with van der Waals surface area (Å²) in [5.74, 6) is 3.43. The number of aryl methyl sites for hydroxylation is 2. The predicted molar refractivity (Wildman–Crippen MR) is 133 cm³/mol. The highest BCUT2D eigenvalue weighted by molar-refractivity contribution is 7.85. The van der Waals surface area contributed by atoms with Gasteiger partial charge in [-0.1, -0.05) is 0 Å². The molecule has 0 saturated carbocycles. The van der Waals surface area contributed by atoms with E-state index in [9.17, 15) is 9.00 Å². The smallest absolute Gasteiger partial charge is 0.406 e. The number of anilines is 3. The van der Waals surface area contributed by atoms with Gasteiger partial charge in [-0.3, -0.25) is 4.21 Å². The number of aromatic nitrogens is 3. The second kappa shape index (κ2) is 9.14. The quantitative estimate of drug-likeness (QED) is 0.623. The number of alkyl carbamates (subject to hydrolysis) is 1. The van der Waals surface area contributed by atoms with Crippen LogP contribution >= 0.6 is 0 Å². The number of hydrogen-bond acceptors (Lipinski definition) is 10. The number of hydrogen-bond donors (Lipinski definition) is 2. The van der Waals surface area contributed by atoms with Gasteiger partial charge in [-0.05, 0) is 32.4 Å². The van der Waals surface area contributed by atoms with Crippen LogP contribution in [0.1, 0.15) is 25.1 Å². The van der Waals surface area contributed by atoms with E-state index in [2.05, 4.69) is 30.2 Å². The lowest BCUT2D eigenvalue weighted by molar-refractivity contribution is 0.169. The number of rotatable bonds is 5. The highest BCUT2D eigenvalue weighted by Gasteiger charge is 2.36. The van der Waals surface area contributed by atoms with Crippen molar-refractivity contribution in [2.24, 2.45) is 0 Å². The van der Waals surface area contributed by atoms with Crippen LogP contribution in [0.15, 0.2) is 17.2 Å². The molecule has 0 unspecified atom stereocenters. The van der Waals surface area contributed by atoms with Gasteiger partial charge in [-0.2, -0.15) is 4.98 Å². The molecule has 35 heavy (non-hydrogen) atoms. The van der Waals surface area contributed by atoms with Gasteiger partial charge in [0.05, 0.1) is 35.2 Å².